The Bertz CT molecular complexity index is 649. The monoisotopic (exact) mass is 358 g/mol. The van der Waals surface area contributed by atoms with Gasteiger partial charge in [-0.1, -0.05) is 0 Å². The second-order valence-electron chi connectivity index (χ2n) is 6.43. The molecule has 2 saturated heterocycles. The largest absolute Gasteiger partial charge is 0.380 e. The number of piperidine rings is 1. The number of amides is 1. The Labute approximate surface area is 140 Å². The summed E-state index contributed by atoms with van der Waals surface area (Å²) in [5.41, 5.74) is 0.635. The molecule has 8 heteroatoms. The fourth-order valence-corrected chi connectivity index (χ4v) is 5.03. The molecule has 1 aromatic heterocycles. The van der Waals surface area contributed by atoms with Crippen molar-refractivity contribution in [2.24, 2.45) is 5.41 Å². The van der Waals surface area contributed by atoms with Gasteiger partial charge < -0.3 is 9.64 Å². The summed E-state index contributed by atoms with van der Waals surface area (Å²) in [6.07, 6.45) is 3.63. The standard InChI is InChI=1S/C15H22N2O4S2/c1-23(19,20)16-13-10-21-8-5-15(13)3-6-17(7-4-15)14(18)12-2-9-22-11-12/h2,9,11,13,16H,3-8,10H2,1H3. The van der Waals surface area contributed by atoms with Crippen molar-refractivity contribution in [1.29, 1.82) is 0 Å². The Morgan fingerprint density at radius 2 is 2.13 bits per heavy atom. The number of nitrogens with zero attached hydrogens (tertiary/aromatic N) is 1. The molecule has 1 atom stereocenters. The molecule has 1 N–H and O–H groups in total. The van der Waals surface area contributed by atoms with Gasteiger partial charge in [-0.15, -0.1) is 0 Å². The zero-order chi connectivity index (χ0) is 16.5. The highest BCUT2D eigenvalue weighted by Crippen LogP contribution is 2.41. The summed E-state index contributed by atoms with van der Waals surface area (Å²) in [5.74, 6) is 0.0702. The van der Waals surface area contributed by atoms with Gasteiger partial charge in [-0.3, -0.25) is 4.79 Å². The fourth-order valence-electron chi connectivity index (χ4n) is 3.57. The summed E-state index contributed by atoms with van der Waals surface area (Å²) < 4.78 is 31.5. The SMILES string of the molecule is CS(=O)(=O)NC1COCCC12CCN(C(=O)c1ccsc1)CC2. The molecule has 3 heterocycles. The lowest BCUT2D eigenvalue weighted by molar-refractivity contribution is -0.0400. The summed E-state index contributed by atoms with van der Waals surface area (Å²) in [5, 5.41) is 3.78. The van der Waals surface area contributed by atoms with Crippen LogP contribution in [-0.2, 0) is 14.8 Å². The maximum Gasteiger partial charge on any atom is 0.254 e. The Morgan fingerprint density at radius 1 is 1.39 bits per heavy atom. The van der Waals surface area contributed by atoms with E-state index in [4.69, 9.17) is 4.74 Å². The van der Waals surface area contributed by atoms with Crippen molar-refractivity contribution in [2.45, 2.75) is 25.3 Å². The Morgan fingerprint density at radius 3 is 2.74 bits per heavy atom. The first kappa shape index (κ1) is 16.9. The fraction of sp³-hybridized carbons (Fsp3) is 0.667. The van der Waals surface area contributed by atoms with Crippen LogP contribution in [0.15, 0.2) is 16.8 Å². The minimum absolute atomic E-state index is 0.0702. The van der Waals surface area contributed by atoms with Gasteiger partial charge in [-0.05, 0) is 36.1 Å². The molecule has 2 fully saturated rings. The first-order valence-electron chi connectivity index (χ1n) is 7.76. The number of carbonyl (C=O) groups is 1. The number of nitrogens with one attached hydrogen (secondary N) is 1. The van der Waals surface area contributed by atoms with Crippen molar-refractivity contribution in [1.82, 2.24) is 9.62 Å². The lowest BCUT2D eigenvalue weighted by Gasteiger charge is -2.48. The number of likely N-dealkylation sites (tertiary alicyclic amines) is 1. The molecule has 2 aliphatic rings. The van der Waals surface area contributed by atoms with E-state index in [9.17, 15) is 13.2 Å². The van der Waals surface area contributed by atoms with Crippen molar-refractivity contribution in [3.8, 4) is 0 Å². The van der Waals surface area contributed by atoms with Gasteiger partial charge in [-0.25, -0.2) is 13.1 Å². The molecule has 0 aliphatic carbocycles. The van der Waals surface area contributed by atoms with E-state index >= 15 is 0 Å². The van der Waals surface area contributed by atoms with Gasteiger partial charge in [0, 0.05) is 25.1 Å². The average molecular weight is 358 g/mol. The van der Waals surface area contributed by atoms with Crippen LogP contribution in [-0.4, -0.2) is 57.8 Å². The van der Waals surface area contributed by atoms with Crippen LogP contribution >= 0.6 is 11.3 Å². The van der Waals surface area contributed by atoms with E-state index in [1.54, 1.807) is 0 Å². The Hall–Kier alpha value is -0.960. The predicted molar refractivity (Wildman–Crippen MR) is 89.1 cm³/mol. The minimum Gasteiger partial charge on any atom is -0.380 e. The van der Waals surface area contributed by atoms with Crippen molar-refractivity contribution in [2.75, 3.05) is 32.6 Å². The third kappa shape index (κ3) is 3.76. The van der Waals surface area contributed by atoms with Gasteiger partial charge >= 0.3 is 0 Å². The normalized spacial score (nSPS) is 24.7. The number of hydrogen-bond acceptors (Lipinski definition) is 5. The molecule has 1 aromatic rings. The van der Waals surface area contributed by atoms with Crippen LogP contribution in [0.2, 0.25) is 0 Å². The van der Waals surface area contributed by atoms with Crippen molar-refractivity contribution in [3.05, 3.63) is 22.4 Å². The molecule has 128 valence electrons. The minimum atomic E-state index is -3.27. The van der Waals surface area contributed by atoms with E-state index in [0.717, 1.165) is 24.8 Å². The smallest absolute Gasteiger partial charge is 0.254 e. The van der Waals surface area contributed by atoms with Crippen LogP contribution in [0.25, 0.3) is 0 Å². The lowest BCUT2D eigenvalue weighted by Crippen LogP contribution is -2.57. The van der Waals surface area contributed by atoms with Crippen LogP contribution in [0.1, 0.15) is 29.6 Å². The first-order chi connectivity index (χ1) is 10.9. The van der Waals surface area contributed by atoms with E-state index in [2.05, 4.69) is 4.72 Å². The van der Waals surface area contributed by atoms with Crippen LogP contribution in [0.4, 0.5) is 0 Å². The second kappa shape index (κ2) is 6.51. The number of carbonyl (C=O) groups excluding carboxylic acids is 1. The number of thiophene rings is 1. The quantitative estimate of drug-likeness (QED) is 0.884. The predicted octanol–water partition coefficient (Wildman–Crippen LogP) is 1.31. The Balaban J connectivity index is 1.69. The van der Waals surface area contributed by atoms with Crippen molar-refractivity contribution < 1.29 is 17.9 Å². The molecule has 2 aliphatic heterocycles. The topological polar surface area (TPSA) is 75.7 Å². The maximum atomic E-state index is 12.4. The third-order valence-electron chi connectivity index (χ3n) is 4.94. The molecule has 1 amide bonds. The summed E-state index contributed by atoms with van der Waals surface area (Å²) >= 11 is 1.52. The summed E-state index contributed by atoms with van der Waals surface area (Å²) in [4.78, 5) is 14.3. The van der Waals surface area contributed by atoms with Crippen LogP contribution < -0.4 is 4.72 Å². The lowest BCUT2D eigenvalue weighted by atomic mass is 9.69. The first-order valence-corrected chi connectivity index (χ1v) is 10.6. The van der Waals surface area contributed by atoms with Crippen LogP contribution in [0.3, 0.4) is 0 Å². The molecule has 1 unspecified atom stereocenters. The molecule has 3 rings (SSSR count). The number of ether oxygens (including phenoxy) is 1. The number of hydrogen-bond donors (Lipinski definition) is 1. The molecule has 0 bridgehead atoms. The van der Waals surface area contributed by atoms with E-state index in [1.807, 2.05) is 21.7 Å². The van der Waals surface area contributed by atoms with Gasteiger partial charge in [0.2, 0.25) is 10.0 Å². The van der Waals surface area contributed by atoms with Gasteiger partial charge in [0.1, 0.15) is 0 Å². The molecule has 1 spiro atoms. The highest BCUT2D eigenvalue weighted by molar-refractivity contribution is 7.88. The molecule has 23 heavy (non-hydrogen) atoms. The van der Waals surface area contributed by atoms with E-state index in [-0.39, 0.29) is 17.4 Å². The second-order valence-corrected chi connectivity index (χ2v) is 8.99. The summed E-state index contributed by atoms with van der Waals surface area (Å²) in [6, 6.07) is 1.64. The molecule has 6 nitrogen and oxygen atoms in total. The highest BCUT2D eigenvalue weighted by Gasteiger charge is 2.45. The van der Waals surface area contributed by atoms with E-state index in [0.29, 0.717) is 26.3 Å². The van der Waals surface area contributed by atoms with E-state index in [1.165, 1.54) is 17.6 Å². The third-order valence-corrected chi connectivity index (χ3v) is 6.33. The zero-order valence-corrected chi connectivity index (χ0v) is 14.8. The maximum absolute atomic E-state index is 12.4. The average Bonchev–Trinajstić information content (AvgIpc) is 3.03. The molecule has 0 radical (unpaired) electrons. The van der Waals surface area contributed by atoms with E-state index < -0.39 is 10.0 Å². The van der Waals surface area contributed by atoms with Gasteiger partial charge in [0.15, 0.2) is 0 Å². The van der Waals surface area contributed by atoms with Gasteiger partial charge in [-0.2, -0.15) is 11.3 Å². The zero-order valence-electron chi connectivity index (χ0n) is 13.2. The summed E-state index contributed by atoms with van der Waals surface area (Å²) in [6.45, 7) is 2.39. The Kier molecular flexibility index (Phi) is 4.78. The van der Waals surface area contributed by atoms with Gasteiger partial charge in [0.05, 0.1) is 24.5 Å². The molecule has 0 saturated carbocycles. The van der Waals surface area contributed by atoms with Crippen molar-refractivity contribution in [3.63, 3.8) is 0 Å². The van der Waals surface area contributed by atoms with Crippen LogP contribution in [0, 0.1) is 5.41 Å². The molecular formula is C15H22N2O4S2. The van der Waals surface area contributed by atoms with Gasteiger partial charge in [0.25, 0.3) is 5.91 Å². The molecular weight excluding hydrogens is 336 g/mol. The number of sulfonamides is 1. The van der Waals surface area contributed by atoms with Crippen molar-refractivity contribution >= 4 is 27.3 Å². The summed E-state index contributed by atoms with van der Waals surface area (Å²) in [7, 11) is -3.27. The number of rotatable bonds is 3. The molecule has 0 aromatic carbocycles. The van der Waals surface area contributed by atoms with Crippen LogP contribution in [0.5, 0.6) is 0 Å². The highest BCUT2D eigenvalue weighted by atomic mass is 32.2.